The molecule has 100 valence electrons. The molecular formula is C15H13IN4. The third-order valence-electron chi connectivity index (χ3n) is 3.10. The van der Waals surface area contributed by atoms with Gasteiger partial charge in [0.1, 0.15) is 0 Å². The summed E-state index contributed by atoms with van der Waals surface area (Å²) in [5.41, 5.74) is 9.25. The number of para-hydroxylation sites is 1. The molecule has 0 spiro atoms. The van der Waals surface area contributed by atoms with Gasteiger partial charge in [0.2, 0.25) is 0 Å². The van der Waals surface area contributed by atoms with Crippen LogP contribution in [0.4, 0.5) is 0 Å². The monoisotopic (exact) mass is 376 g/mol. The summed E-state index contributed by atoms with van der Waals surface area (Å²) in [7, 11) is 0. The van der Waals surface area contributed by atoms with Crippen LogP contribution < -0.4 is 5.73 Å². The molecule has 0 aliphatic carbocycles. The summed E-state index contributed by atoms with van der Waals surface area (Å²) < 4.78 is 2.94. The van der Waals surface area contributed by atoms with E-state index in [0.29, 0.717) is 0 Å². The molecule has 2 N–H and O–H groups in total. The Bertz CT molecular complexity index is 709. The first-order chi connectivity index (χ1) is 9.75. The van der Waals surface area contributed by atoms with Gasteiger partial charge >= 0.3 is 0 Å². The number of hydrogen-bond donors (Lipinski definition) is 1. The zero-order valence-electron chi connectivity index (χ0n) is 10.6. The largest absolute Gasteiger partial charge is 0.319 e. The van der Waals surface area contributed by atoms with E-state index >= 15 is 0 Å². The fraction of sp³-hybridized carbons (Fsp3) is 0.0667. The second-order valence-electron chi connectivity index (χ2n) is 4.44. The van der Waals surface area contributed by atoms with E-state index in [1.807, 2.05) is 48.5 Å². The van der Waals surface area contributed by atoms with Crippen molar-refractivity contribution in [1.29, 1.82) is 0 Å². The van der Waals surface area contributed by atoms with Gasteiger partial charge in [-0.1, -0.05) is 35.5 Å². The number of nitrogens with two attached hydrogens (primary N) is 1. The third kappa shape index (κ3) is 2.59. The van der Waals surface area contributed by atoms with Crippen molar-refractivity contribution in [1.82, 2.24) is 15.0 Å². The van der Waals surface area contributed by atoms with Gasteiger partial charge in [0, 0.05) is 3.57 Å². The maximum absolute atomic E-state index is 6.36. The fourth-order valence-electron chi connectivity index (χ4n) is 2.10. The van der Waals surface area contributed by atoms with Gasteiger partial charge in [-0.05, 0) is 52.4 Å². The highest BCUT2D eigenvalue weighted by Crippen LogP contribution is 2.22. The molecular weight excluding hydrogens is 363 g/mol. The molecule has 1 heterocycles. The highest BCUT2D eigenvalue weighted by Gasteiger charge is 2.16. The molecule has 3 aromatic rings. The predicted molar refractivity (Wildman–Crippen MR) is 86.5 cm³/mol. The SMILES string of the molecule is NC(c1cccc(I)c1)c1cnnn1-c1ccccc1. The summed E-state index contributed by atoms with van der Waals surface area (Å²) in [5, 5.41) is 8.14. The summed E-state index contributed by atoms with van der Waals surface area (Å²) in [6.45, 7) is 0. The molecule has 0 radical (unpaired) electrons. The Hall–Kier alpha value is -1.73. The van der Waals surface area contributed by atoms with Crippen LogP contribution in [0, 0.1) is 3.57 Å². The molecule has 4 nitrogen and oxygen atoms in total. The van der Waals surface area contributed by atoms with E-state index < -0.39 is 0 Å². The first-order valence-electron chi connectivity index (χ1n) is 6.23. The molecule has 1 aromatic heterocycles. The van der Waals surface area contributed by atoms with Crippen LogP contribution in [0.25, 0.3) is 5.69 Å². The van der Waals surface area contributed by atoms with Crippen molar-refractivity contribution in [3.8, 4) is 5.69 Å². The van der Waals surface area contributed by atoms with Crippen LogP contribution in [0.15, 0.2) is 60.8 Å². The minimum Gasteiger partial charge on any atom is -0.319 e. The van der Waals surface area contributed by atoms with Crippen LogP contribution in [0.2, 0.25) is 0 Å². The molecule has 0 bridgehead atoms. The van der Waals surface area contributed by atoms with Gasteiger partial charge < -0.3 is 5.73 Å². The third-order valence-corrected chi connectivity index (χ3v) is 3.77. The zero-order chi connectivity index (χ0) is 13.9. The minimum atomic E-state index is -0.250. The lowest BCUT2D eigenvalue weighted by Gasteiger charge is -2.14. The lowest BCUT2D eigenvalue weighted by molar-refractivity contribution is 0.719. The van der Waals surface area contributed by atoms with E-state index in [1.54, 1.807) is 10.9 Å². The van der Waals surface area contributed by atoms with Gasteiger partial charge in [0.25, 0.3) is 0 Å². The molecule has 0 saturated heterocycles. The smallest absolute Gasteiger partial charge is 0.0858 e. The van der Waals surface area contributed by atoms with E-state index in [4.69, 9.17) is 5.73 Å². The molecule has 3 rings (SSSR count). The second kappa shape index (κ2) is 5.72. The predicted octanol–water partition coefficient (Wildman–Crippen LogP) is 2.92. The van der Waals surface area contributed by atoms with Gasteiger partial charge in [-0.2, -0.15) is 0 Å². The quantitative estimate of drug-likeness (QED) is 0.716. The van der Waals surface area contributed by atoms with Crippen molar-refractivity contribution in [2.24, 2.45) is 5.73 Å². The molecule has 0 amide bonds. The van der Waals surface area contributed by atoms with Crippen LogP contribution >= 0.6 is 22.6 Å². The van der Waals surface area contributed by atoms with Crippen LogP contribution in [0.3, 0.4) is 0 Å². The summed E-state index contributed by atoms with van der Waals surface area (Å²) in [4.78, 5) is 0. The Morgan fingerprint density at radius 2 is 1.85 bits per heavy atom. The Kier molecular flexibility index (Phi) is 3.79. The Labute approximate surface area is 130 Å². The van der Waals surface area contributed by atoms with Crippen molar-refractivity contribution in [2.75, 3.05) is 0 Å². The van der Waals surface area contributed by atoms with Crippen molar-refractivity contribution in [2.45, 2.75) is 6.04 Å². The molecule has 1 unspecified atom stereocenters. The summed E-state index contributed by atoms with van der Waals surface area (Å²) in [6, 6.07) is 17.8. The fourth-order valence-corrected chi connectivity index (χ4v) is 2.66. The average molecular weight is 376 g/mol. The van der Waals surface area contributed by atoms with Crippen LogP contribution in [0.1, 0.15) is 17.3 Å². The van der Waals surface area contributed by atoms with Gasteiger partial charge in [0.05, 0.1) is 23.6 Å². The van der Waals surface area contributed by atoms with E-state index in [9.17, 15) is 0 Å². The molecule has 0 aliphatic heterocycles. The Morgan fingerprint density at radius 3 is 2.60 bits per heavy atom. The summed E-state index contributed by atoms with van der Waals surface area (Å²) >= 11 is 2.28. The molecule has 2 aromatic carbocycles. The maximum Gasteiger partial charge on any atom is 0.0858 e. The standard InChI is InChI=1S/C15H13IN4/c16-12-6-4-5-11(9-12)15(17)14-10-18-19-20(14)13-7-2-1-3-8-13/h1-10,15H,17H2. The van der Waals surface area contributed by atoms with Crippen molar-refractivity contribution in [3.63, 3.8) is 0 Å². The van der Waals surface area contributed by atoms with Crippen LogP contribution in [0.5, 0.6) is 0 Å². The summed E-state index contributed by atoms with van der Waals surface area (Å²) in [6.07, 6.45) is 1.72. The number of hydrogen-bond acceptors (Lipinski definition) is 3. The Morgan fingerprint density at radius 1 is 1.05 bits per heavy atom. The number of halogens is 1. The van der Waals surface area contributed by atoms with Gasteiger partial charge in [0.15, 0.2) is 0 Å². The highest BCUT2D eigenvalue weighted by molar-refractivity contribution is 14.1. The number of benzene rings is 2. The van der Waals surface area contributed by atoms with Gasteiger partial charge in [-0.3, -0.25) is 0 Å². The minimum absolute atomic E-state index is 0.250. The van der Waals surface area contributed by atoms with Crippen LogP contribution in [-0.4, -0.2) is 15.0 Å². The van der Waals surface area contributed by atoms with E-state index in [1.165, 1.54) is 0 Å². The molecule has 5 heteroatoms. The first-order valence-corrected chi connectivity index (χ1v) is 7.30. The molecule has 0 saturated carbocycles. The van der Waals surface area contributed by atoms with Gasteiger partial charge in [-0.25, -0.2) is 4.68 Å². The van der Waals surface area contributed by atoms with E-state index in [-0.39, 0.29) is 6.04 Å². The zero-order valence-corrected chi connectivity index (χ0v) is 12.8. The van der Waals surface area contributed by atoms with Crippen molar-refractivity contribution >= 4 is 22.6 Å². The second-order valence-corrected chi connectivity index (χ2v) is 5.68. The average Bonchev–Trinajstić information content (AvgIpc) is 2.97. The Balaban J connectivity index is 2.02. The first kappa shape index (κ1) is 13.3. The van der Waals surface area contributed by atoms with Crippen molar-refractivity contribution < 1.29 is 0 Å². The van der Waals surface area contributed by atoms with E-state index in [0.717, 1.165) is 20.5 Å². The van der Waals surface area contributed by atoms with Gasteiger partial charge in [-0.15, -0.1) is 5.10 Å². The number of rotatable bonds is 3. The molecule has 20 heavy (non-hydrogen) atoms. The van der Waals surface area contributed by atoms with Crippen LogP contribution in [-0.2, 0) is 0 Å². The van der Waals surface area contributed by atoms with Crippen molar-refractivity contribution in [3.05, 3.63) is 75.6 Å². The lowest BCUT2D eigenvalue weighted by atomic mass is 10.1. The number of aromatic nitrogens is 3. The normalized spacial score (nSPS) is 12.3. The highest BCUT2D eigenvalue weighted by atomic mass is 127. The van der Waals surface area contributed by atoms with E-state index in [2.05, 4.69) is 39.0 Å². The topological polar surface area (TPSA) is 56.7 Å². The lowest BCUT2D eigenvalue weighted by Crippen LogP contribution is -2.16. The molecule has 0 fully saturated rings. The molecule has 0 aliphatic rings. The number of nitrogens with zero attached hydrogens (tertiary/aromatic N) is 3. The maximum atomic E-state index is 6.36. The summed E-state index contributed by atoms with van der Waals surface area (Å²) in [5.74, 6) is 0. The molecule has 1 atom stereocenters.